The van der Waals surface area contributed by atoms with Gasteiger partial charge in [0.2, 0.25) is 23.6 Å². The number of hydrogen-bond acceptors (Lipinski definition) is 10. The number of nitrogens with one attached hydrogen (secondary N) is 1. The highest BCUT2D eigenvalue weighted by atomic mass is 19.3. The van der Waals surface area contributed by atoms with Crippen LogP contribution in [0.4, 0.5) is 20.3 Å². The molecule has 5 aliphatic heterocycles. The van der Waals surface area contributed by atoms with Crippen LogP contribution in [0, 0.1) is 0 Å². The van der Waals surface area contributed by atoms with Crippen molar-refractivity contribution in [3.63, 3.8) is 0 Å². The topological polar surface area (TPSA) is 172 Å². The lowest BCUT2D eigenvalue weighted by Crippen LogP contribution is -2.54. The number of piperidine rings is 2. The minimum atomic E-state index is -2.74. The van der Waals surface area contributed by atoms with Crippen molar-refractivity contribution in [3.05, 3.63) is 88.5 Å². The zero-order chi connectivity index (χ0) is 45.3. The number of anilines is 2. The number of hydrogen-bond donors (Lipinski definition) is 1. The normalized spacial score (nSPS) is 18.9. The van der Waals surface area contributed by atoms with Crippen molar-refractivity contribution in [2.24, 2.45) is 7.05 Å². The second-order valence-corrected chi connectivity index (χ2v) is 17.4. The molecule has 1 atom stereocenters. The zero-order valence-corrected chi connectivity index (χ0v) is 36.0. The van der Waals surface area contributed by atoms with E-state index in [9.17, 15) is 28.8 Å². The van der Waals surface area contributed by atoms with Gasteiger partial charge in [-0.15, -0.1) is 0 Å². The summed E-state index contributed by atoms with van der Waals surface area (Å²) in [6.07, 6.45) is 5.90. The number of aromatic nitrogens is 4. The maximum Gasteiger partial charge on any atom is 0.266 e. The van der Waals surface area contributed by atoms with Gasteiger partial charge >= 0.3 is 0 Å². The van der Waals surface area contributed by atoms with E-state index >= 15 is 8.78 Å². The fourth-order valence-electron chi connectivity index (χ4n) is 10.3. The predicted molar refractivity (Wildman–Crippen MR) is 234 cm³/mol. The molecule has 0 radical (unpaired) electrons. The first-order chi connectivity index (χ1) is 31.4. The number of carbonyl (C=O) groups is 6. The van der Waals surface area contributed by atoms with Gasteiger partial charge < -0.3 is 24.0 Å². The first kappa shape index (κ1) is 42.0. The molecule has 18 heteroatoms. The number of amides is 6. The average molecular weight is 890 g/mol. The van der Waals surface area contributed by atoms with E-state index in [1.165, 1.54) is 6.07 Å². The van der Waals surface area contributed by atoms with E-state index in [1.807, 2.05) is 29.9 Å². The van der Waals surface area contributed by atoms with Gasteiger partial charge in [-0.2, -0.15) is 5.10 Å². The van der Waals surface area contributed by atoms with E-state index in [-0.39, 0.29) is 67.6 Å². The highest BCUT2D eigenvalue weighted by molar-refractivity contribution is 6.24. The number of ether oxygens (including phenoxy) is 1. The molecule has 0 bridgehead atoms. The van der Waals surface area contributed by atoms with Crippen LogP contribution in [0.5, 0.6) is 5.75 Å². The molecule has 65 heavy (non-hydrogen) atoms. The van der Waals surface area contributed by atoms with Crippen molar-refractivity contribution in [1.82, 2.24) is 39.3 Å². The molecule has 10 rings (SSSR count). The Morgan fingerprint density at radius 1 is 0.938 bits per heavy atom. The summed E-state index contributed by atoms with van der Waals surface area (Å²) < 4.78 is 40.1. The van der Waals surface area contributed by atoms with Crippen LogP contribution in [0.25, 0.3) is 22.0 Å². The van der Waals surface area contributed by atoms with Crippen LogP contribution in [0.15, 0.2) is 55.0 Å². The number of halogens is 2. The van der Waals surface area contributed by atoms with Crippen molar-refractivity contribution >= 4 is 57.9 Å². The smallest absolute Gasteiger partial charge is 0.266 e. The number of rotatable bonds is 9. The monoisotopic (exact) mass is 889 g/mol. The molecular formula is C47H49F2N9O7. The number of carbonyl (C=O) groups excluding carboxylic acids is 6. The molecule has 338 valence electrons. The van der Waals surface area contributed by atoms with E-state index in [4.69, 9.17) is 9.84 Å². The number of likely N-dealkylation sites (tertiary alicyclic amines) is 1. The van der Waals surface area contributed by atoms with Crippen LogP contribution in [-0.4, -0.2) is 108 Å². The van der Waals surface area contributed by atoms with Gasteiger partial charge in [-0.1, -0.05) is 6.07 Å². The molecule has 1 unspecified atom stereocenters. The minimum Gasteiger partial charge on any atom is -0.492 e. The third kappa shape index (κ3) is 7.28. The highest BCUT2D eigenvalue weighted by Gasteiger charge is 2.46. The Labute approximate surface area is 373 Å². The number of pyridine rings is 1. The van der Waals surface area contributed by atoms with Gasteiger partial charge in [-0.05, 0) is 73.6 Å². The Bertz CT molecular complexity index is 2840. The van der Waals surface area contributed by atoms with Crippen LogP contribution in [0.3, 0.4) is 0 Å². The molecule has 5 aromatic rings. The Balaban J connectivity index is 0.00000548. The van der Waals surface area contributed by atoms with Crippen molar-refractivity contribution in [2.75, 3.05) is 37.7 Å². The molecule has 1 N–H and O–H groups in total. The number of alkyl halides is 2. The third-order valence-corrected chi connectivity index (χ3v) is 13.6. The largest absolute Gasteiger partial charge is 0.492 e. The van der Waals surface area contributed by atoms with Crippen LogP contribution in [0.2, 0.25) is 0 Å². The number of benzene rings is 2. The van der Waals surface area contributed by atoms with Gasteiger partial charge in [0.25, 0.3) is 18.2 Å². The lowest BCUT2D eigenvalue weighted by Gasteiger charge is -2.34. The number of fused-ring (bicyclic) bond motifs is 4. The fourth-order valence-corrected chi connectivity index (χ4v) is 10.3. The number of imide groups is 2. The van der Waals surface area contributed by atoms with Crippen LogP contribution in [-0.2, 0) is 45.6 Å². The van der Waals surface area contributed by atoms with Gasteiger partial charge in [0.05, 0.1) is 42.3 Å². The first-order valence-electron chi connectivity index (χ1n) is 22.1. The molecule has 0 saturated carbocycles. The summed E-state index contributed by atoms with van der Waals surface area (Å²) in [4.78, 5) is 88.0. The second kappa shape index (κ2) is 16.5. The van der Waals surface area contributed by atoms with Crippen molar-refractivity contribution in [1.29, 1.82) is 0 Å². The maximum atomic E-state index is 15.1. The number of aryl methyl sites for hydroxylation is 2. The molecule has 16 nitrogen and oxygen atoms in total. The quantitative estimate of drug-likeness (QED) is 0.183. The van der Waals surface area contributed by atoms with Crippen LogP contribution >= 0.6 is 0 Å². The summed E-state index contributed by atoms with van der Waals surface area (Å²) in [6, 6.07) is 8.84. The molecule has 2 aromatic carbocycles. The molecular weight excluding hydrogens is 841 g/mol. The van der Waals surface area contributed by atoms with E-state index < -0.39 is 36.1 Å². The molecule has 8 heterocycles. The predicted octanol–water partition coefficient (Wildman–Crippen LogP) is 5.64. The Kier molecular flexibility index (Phi) is 10.7. The van der Waals surface area contributed by atoms with Crippen molar-refractivity contribution in [3.8, 4) is 16.9 Å². The van der Waals surface area contributed by atoms with Gasteiger partial charge in [-0.25, -0.2) is 8.78 Å². The first-order valence-corrected chi connectivity index (χ1v) is 22.1. The zero-order valence-electron chi connectivity index (χ0n) is 36.0. The van der Waals surface area contributed by atoms with Gasteiger partial charge in [-0.3, -0.25) is 48.6 Å². The minimum absolute atomic E-state index is 0. The van der Waals surface area contributed by atoms with E-state index in [0.29, 0.717) is 81.0 Å². The highest BCUT2D eigenvalue weighted by Crippen LogP contribution is 2.45. The SMILES string of the molecule is CC(=O)N1CCc2c(c(N3CCCc4cc(-c5cn(C)c6ccncc56)c(C(F)F)cc43)nn2C2CCN(C(=O)CCOc3cccc4c3C(=O)N(C3CCC(=O)NC3=O)C4=O)CC2)C1.[HH]. The summed E-state index contributed by atoms with van der Waals surface area (Å²) in [7, 11) is 1.89. The maximum absolute atomic E-state index is 15.1. The lowest BCUT2D eigenvalue weighted by molar-refractivity contribution is -0.136. The van der Waals surface area contributed by atoms with Gasteiger partial charge in [0.1, 0.15) is 11.8 Å². The number of nitrogens with zero attached hydrogens (tertiary/aromatic N) is 8. The van der Waals surface area contributed by atoms with Crippen LogP contribution < -0.4 is 15.0 Å². The Morgan fingerprint density at radius 3 is 2.52 bits per heavy atom. The summed E-state index contributed by atoms with van der Waals surface area (Å²) in [5.41, 5.74) is 5.68. The molecule has 2 saturated heterocycles. The average Bonchev–Trinajstić information content (AvgIpc) is 3.94. The Hall–Kier alpha value is -6.98. The van der Waals surface area contributed by atoms with E-state index in [0.717, 1.165) is 39.0 Å². The van der Waals surface area contributed by atoms with E-state index in [2.05, 4.69) is 19.9 Å². The van der Waals surface area contributed by atoms with Crippen molar-refractivity contribution < 1.29 is 43.7 Å². The molecule has 2 fully saturated rings. The van der Waals surface area contributed by atoms with Gasteiger partial charge in [0.15, 0.2) is 5.82 Å². The lowest BCUT2D eigenvalue weighted by atomic mass is 9.91. The molecule has 3 aromatic heterocycles. The summed E-state index contributed by atoms with van der Waals surface area (Å²) in [5, 5.41) is 8.25. The third-order valence-electron chi connectivity index (χ3n) is 13.6. The molecule has 0 spiro atoms. The van der Waals surface area contributed by atoms with Crippen LogP contribution in [0.1, 0.15) is 102 Å². The fraction of sp³-hybridized carbons (Fsp3) is 0.404. The standard InChI is InChI=1S/C47H47F2N9O7.H2/c1-26(59)55-19-13-36-34(25-55)44(56-16-4-5-27-21-30(31(43(48)49)22-38(27)56)33-24-53(2)35-10-15-50-23-32(33)35)52-58(36)28-11-17-54(18-12-28)41(61)14-20-65-39-7-3-6-29-42(39)47(64)57(46(29)63)37-8-9-40(60)51-45(37)62;/h3,6-7,10,15,21-24,28,37,43H,4-5,8-9,11-14,16-20,25H2,1-2H3,(H,51,60,62);1H. The Morgan fingerprint density at radius 2 is 1.75 bits per heavy atom. The van der Waals surface area contributed by atoms with Crippen molar-refractivity contribution in [2.45, 2.75) is 83.3 Å². The molecule has 0 aliphatic carbocycles. The second-order valence-electron chi connectivity index (χ2n) is 17.4. The van der Waals surface area contributed by atoms with Gasteiger partial charge in [0, 0.05) is 106 Å². The molecule has 6 amide bonds. The summed E-state index contributed by atoms with van der Waals surface area (Å²) >= 11 is 0. The summed E-state index contributed by atoms with van der Waals surface area (Å²) in [5.74, 6) is -1.88. The van der Waals surface area contributed by atoms with E-state index in [1.54, 1.807) is 47.3 Å². The molecule has 5 aliphatic rings. The summed E-state index contributed by atoms with van der Waals surface area (Å²) in [6.45, 7) is 3.86.